The monoisotopic (exact) mass is 454 g/mol. The van der Waals surface area contributed by atoms with Crippen molar-refractivity contribution in [2.75, 3.05) is 16.3 Å². The number of amides is 2. The molecule has 2 amide bonds. The Morgan fingerprint density at radius 3 is 2.21 bits per heavy atom. The Labute approximate surface area is 201 Å². The van der Waals surface area contributed by atoms with Crippen LogP contribution < -0.4 is 14.5 Å². The summed E-state index contributed by atoms with van der Waals surface area (Å²) in [5.41, 5.74) is 4.91. The van der Waals surface area contributed by atoms with E-state index in [1.807, 2.05) is 100 Å². The van der Waals surface area contributed by atoms with Gasteiger partial charge in [0.15, 0.2) is 0 Å². The summed E-state index contributed by atoms with van der Waals surface area (Å²) >= 11 is 0. The number of rotatable bonds is 7. The number of para-hydroxylation sites is 3. The molecule has 0 saturated heterocycles. The number of benzene rings is 3. The van der Waals surface area contributed by atoms with Gasteiger partial charge in [-0.2, -0.15) is 0 Å². The van der Waals surface area contributed by atoms with Crippen LogP contribution in [0, 0.1) is 13.8 Å². The van der Waals surface area contributed by atoms with E-state index in [4.69, 9.17) is 4.74 Å². The van der Waals surface area contributed by atoms with Crippen molar-refractivity contribution in [3.8, 4) is 5.75 Å². The fraction of sp³-hybridized carbons (Fsp3) is 0.241. The van der Waals surface area contributed by atoms with Gasteiger partial charge >= 0.3 is 0 Å². The quantitative estimate of drug-likeness (QED) is 0.417. The summed E-state index contributed by atoms with van der Waals surface area (Å²) in [6.07, 6.45) is -0.100. The van der Waals surface area contributed by atoms with Gasteiger partial charge in [-0.25, -0.2) is 4.90 Å². The molecule has 5 heteroatoms. The van der Waals surface area contributed by atoms with E-state index in [9.17, 15) is 9.59 Å². The van der Waals surface area contributed by atoms with E-state index in [0.717, 1.165) is 22.4 Å². The standard InChI is InChI=1S/C29H30N2O3/c1-6-30(22-12-8-7-9-13-22)27-26(23-17-16-20(4)18-21(23)5)28(32)31(29(27)33)24-14-10-11-15-25(24)34-19(2)3/h7-19H,6H2,1-5H3. The Hall–Kier alpha value is -3.86. The maximum Gasteiger partial charge on any atom is 0.282 e. The average Bonchev–Trinajstić information content (AvgIpc) is 3.05. The molecular formula is C29H30N2O3. The molecule has 4 rings (SSSR count). The van der Waals surface area contributed by atoms with Crippen LogP contribution in [0.4, 0.5) is 11.4 Å². The van der Waals surface area contributed by atoms with Crippen LogP contribution in [0.3, 0.4) is 0 Å². The summed E-state index contributed by atoms with van der Waals surface area (Å²) in [6, 6.07) is 22.8. The van der Waals surface area contributed by atoms with Crippen LogP contribution in [0.15, 0.2) is 78.5 Å². The number of hydrogen-bond acceptors (Lipinski definition) is 4. The molecule has 0 fully saturated rings. The van der Waals surface area contributed by atoms with Gasteiger partial charge in [-0.15, -0.1) is 0 Å². The van der Waals surface area contributed by atoms with Gasteiger partial charge in [0, 0.05) is 12.2 Å². The Balaban J connectivity index is 1.93. The molecule has 34 heavy (non-hydrogen) atoms. The highest BCUT2D eigenvalue weighted by atomic mass is 16.5. The molecule has 1 aliphatic rings. The summed E-state index contributed by atoms with van der Waals surface area (Å²) in [4.78, 5) is 31.2. The van der Waals surface area contributed by atoms with Gasteiger partial charge in [-0.05, 0) is 70.0 Å². The minimum Gasteiger partial charge on any atom is -0.489 e. The number of hydrogen-bond donors (Lipinski definition) is 0. The SMILES string of the molecule is CCN(C1=C(c2ccc(C)cc2C)C(=O)N(c2ccccc2OC(C)C)C1=O)c1ccccc1. The molecule has 0 atom stereocenters. The van der Waals surface area contributed by atoms with Crippen LogP contribution in [-0.2, 0) is 9.59 Å². The third kappa shape index (κ3) is 4.21. The predicted octanol–water partition coefficient (Wildman–Crippen LogP) is 5.90. The molecule has 0 N–H and O–H groups in total. The molecule has 174 valence electrons. The third-order valence-corrected chi connectivity index (χ3v) is 5.83. The van der Waals surface area contributed by atoms with Gasteiger partial charge < -0.3 is 9.64 Å². The molecule has 0 unspecified atom stereocenters. The number of aryl methyl sites for hydroxylation is 2. The normalized spacial score (nSPS) is 13.8. The Morgan fingerprint density at radius 1 is 0.882 bits per heavy atom. The van der Waals surface area contributed by atoms with Crippen LogP contribution in [-0.4, -0.2) is 24.5 Å². The van der Waals surface area contributed by atoms with Crippen molar-refractivity contribution in [1.82, 2.24) is 0 Å². The highest BCUT2D eigenvalue weighted by Gasteiger charge is 2.44. The summed E-state index contributed by atoms with van der Waals surface area (Å²) in [5.74, 6) is -0.199. The second-order valence-corrected chi connectivity index (χ2v) is 8.70. The summed E-state index contributed by atoms with van der Waals surface area (Å²) in [6.45, 7) is 10.3. The van der Waals surface area contributed by atoms with Crippen molar-refractivity contribution in [2.24, 2.45) is 0 Å². The van der Waals surface area contributed by atoms with Crippen molar-refractivity contribution in [3.63, 3.8) is 0 Å². The van der Waals surface area contributed by atoms with Crippen LogP contribution in [0.1, 0.15) is 37.5 Å². The van der Waals surface area contributed by atoms with Gasteiger partial charge in [-0.1, -0.05) is 54.1 Å². The lowest BCUT2D eigenvalue weighted by atomic mass is 9.97. The minimum absolute atomic E-state index is 0.100. The first kappa shape index (κ1) is 23.3. The van der Waals surface area contributed by atoms with E-state index in [-0.39, 0.29) is 17.9 Å². The van der Waals surface area contributed by atoms with Gasteiger partial charge in [0.1, 0.15) is 11.4 Å². The Kier molecular flexibility index (Phi) is 6.55. The summed E-state index contributed by atoms with van der Waals surface area (Å²) in [7, 11) is 0. The fourth-order valence-electron chi connectivity index (χ4n) is 4.40. The molecule has 3 aromatic rings. The second-order valence-electron chi connectivity index (χ2n) is 8.70. The van der Waals surface area contributed by atoms with Crippen molar-refractivity contribution < 1.29 is 14.3 Å². The first-order valence-electron chi connectivity index (χ1n) is 11.6. The topological polar surface area (TPSA) is 49.9 Å². The predicted molar refractivity (Wildman–Crippen MR) is 137 cm³/mol. The molecular weight excluding hydrogens is 424 g/mol. The molecule has 0 spiro atoms. The van der Waals surface area contributed by atoms with Crippen molar-refractivity contribution in [1.29, 1.82) is 0 Å². The van der Waals surface area contributed by atoms with E-state index >= 15 is 0 Å². The van der Waals surface area contributed by atoms with Gasteiger partial charge in [0.2, 0.25) is 0 Å². The highest BCUT2D eigenvalue weighted by Crippen LogP contribution is 2.40. The van der Waals surface area contributed by atoms with Gasteiger partial charge in [-0.3, -0.25) is 9.59 Å². The van der Waals surface area contributed by atoms with Crippen molar-refractivity contribution in [3.05, 3.63) is 95.2 Å². The van der Waals surface area contributed by atoms with E-state index in [2.05, 4.69) is 0 Å². The molecule has 1 aliphatic heterocycles. The summed E-state index contributed by atoms with van der Waals surface area (Å²) < 4.78 is 5.96. The molecule has 0 saturated carbocycles. The number of imide groups is 1. The molecule has 0 bridgehead atoms. The number of carbonyl (C=O) groups excluding carboxylic acids is 2. The van der Waals surface area contributed by atoms with E-state index < -0.39 is 0 Å². The number of ether oxygens (including phenoxy) is 1. The molecule has 5 nitrogen and oxygen atoms in total. The number of anilines is 2. The molecule has 0 aliphatic carbocycles. The molecule has 3 aromatic carbocycles. The first-order valence-corrected chi connectivity index (χ1v) is 11.6. The van der Waals surface area contributed by atoms with E-state index in [1.165, 1.54) is 4.90 Å². The number of likely N-dealkylation sites (N-methyl/N-ethyl adjacent to an activating group) is 1. The van der Waals surface area contributed by atoms with Crippen LogP contribution in [0.2, 0.25) is 0 Å². The number of nitrogens with zero attached hydrogens (tertiary/aromatic N) is 2. The zero-order valence-corrected chi connectivity index (χ0v) is 20.3. The second kappa shape index (κ2) is 9.56. The van der Waals surface area contributed by atoms with Gasteiger partial charge in [0.25, 0.3) is 11.8 Å². The van der Waals surface area contributed by atoms with E-state index in [0.29, 0.717) is 29.3 Å². The molecule has 0 aromatic heterocycles. The van der Waals surface area contributed by atoms with Crippen LogP contribution >= 0.6 is 0 Å². The molecule has 1 heterocycles. The first-order chi connectivity index (χ1) is 16.3. The van der Waals surface area contributed by atoms with Crippen LogP contribution in [0.5, 0.6) is 5.75 Å². The third-order valence-electron chi connectivity index (χ3n) is 5.83. The molecule has 0 radical (unpaired) electrons. The average molecular weight is 455 g/mol. The lowest BCUT2D eigenvalue weighted by Crippen LogP contribution is -2.35. The minimum atomic E-state index is -0.356. The van der Waals surface area contributed by atoms with Crippen molar-refractivity contribution >= 4 is 28.8 Å². The maximum atomic E-state index is 14.0. The summed E-state index contributed by atoms with van der Waals surface area (Å²) in [5, 5.41) is 0. The smallest absolute Gasteiger partial charge is 0.282 e. The van der Waals surface area contributed by atoms with Crippen molar-refractivity contribution in [2.45, 2.75) is 40.7 Å². The lowest BCUT2D eigenvalue weighted by molar-refractivity contribution is -0.120. The zero-order chi connectivity index (χ0) is 24.4. The fourth-order valence-corrected chi connectivity index (χ4v) is 4.40. The highest BCUT2D eigenvalue weighted by molar-refractivity contribution is 6.46. The zero-order valence-electron chi connectivity index (χ0n) is 20.3. The lowest BCUT2D eigenvalue weighted by Gasteiger charge is -2.25. The van der Waals surface area contributed by atoms with Gasteiger partial charge in [0.05, 0.1) is 17.4 Å². The Morgan fingerprint density at radius 2 is 1.56 bits per heavy atom. The number of carbonyl (C=O) groups is 2. The maximum absolute atomic E-state index is 14.0. The largest absolute Gasteiger partial charge is 0.489 e. The van der Waals surface area contributed by atoms with E-state index in [1.54, 1.807) is 12.1 Å². The van der Waals surface area contributed by atoms with Crippen LogP contribution in [0.25, 0.3) is 5.57 Å². The Bertz CT molecular complexity index is 1260.